The van der Waals surface area contributed by atoms with Crippen LogP contribution >= 0.6 is 0 Å². The molecule has 0 saturated carbocycles. The van der Waals surface area contributed by atoms with Gasteiger partial charge in [-0.1, -0.05) is 26.0 Å². The van der Waals surface area contributed by atoms with Crippen molar-refractivity contribution < 1.29 is 9.59 Å². The average Bonchev–Trinajstić information content (AvgIpc) is 2.41. The maximum atomic E-state index is 11.5. The van der Waals surface area contributed by atoms with E-state index in [2.05, 4.69) is 13.8 Å². The van der Waals surface area contributed by atoms with Gasteiger partial charge in [0.05, 0.1) is 6.42 Å². The van der Waals surface area contributed by atoms with Crippen molar-refractivity contribution in [1.29, 1.82) is 0 Å². The summed E-state index contributed by atoms with van der Waals surface area (Å²) in [5.41, 5.74) is 2.37. The molecular formula is C13H14O2. The molecule has 15 heavy (non-hydrogen) atoms. The minimum atomic E-state index is -0.0360. The van der Waals surface area contributed by atoms with E-state index in [9.17, 15) is 9.59 Å². The summed E-state index contributed by atoms with van der Waals surface area (Å²) in [5, 5.41) is 0. The molecule has 0 unspecified atom stereocenters. The number of hydrogen-bond acceptors (Lipinski definition) is 2. The fraction of sp³-hybridized carbons (Fsp3) is 0.385. The van der Waals surface area contributed by atoms with Crippen molar-refractivity contribution in [3.05, 3.63) is 34.9 Å². The first-order valence-corrected chi connectivity index (χ1v) is 5.27. The van der Waals surface area contributed by atoms with Crippen molar-refractivity contribution in [2.24, 2.45) is 5.92 Å². The molecule has 2 heteroatoms. The summed E-state index contributed by atoms with van der Waals surface area (Å²) in [5.74, 6) is 0.502. The minimum Gasteiger partial charge on any atom is -0.294 e. The van der Waals surface area contributed by atoms with Gasteiger partial charge < -0.3 is 0 Å². The standard InChI is InChI=1S/C13H14O2/c1-8(2)5-9-3-4-10-11(6-9)13(15)7-12(10)14/h3-4,6,8H,5,7H2,1-2H3. The van der Waals surface area contributed by atoms with Gasteiger partial charge in [0.1, 0.15) is 0 Å². The van der Waals surface area contributed by atoms with E-state index >= 15 is 0 Å². The van der Waals surface area contributed by atoms with Crippen molar-refractivity contribution in [3.8, 4) is 0 Å². The molecule has 0 aromatic heterocycles. The third kappa shape index (κ3) is 1.84. The highest BCUT2D eigenvalue weighted by atomic mass is 16.2. The molecule has 0 N–H and O–H groups in total. The predicted octanol–water partition coefficient (Wildman–Crippen LogP) is 2.65. The Labute approximate surface area is 89.3 Å². The van der Waals surface area contributed by atoms with Gasteiger partial charge in [0.2, 0.25) is 0 Å². The van der Waals surface area contributed by atoms with E-state index in [0.29, 0.717) is 17.0 Å². The van der Waals surface area contributed by atoms with E-state index in [4.69, 9.17) is 0 Å². The number of rotatable bonds is 2. The molecule has 0 atom stereocenters. The van der Waals surface area contributed by atoms with E-state index < -0.39 is 0 Å². The number of fused-ring (bicyclic) bond motifs is 1. The zero-order valence-corrected chi connectivity index (χ0v) is 9.04. The minimum absolute atomic E-state index is 0.0272. The van der Waals surface area contributed by atoms with E-state index in [1.54, 1.807) is 6.07 Å². The molecular weight excluding hydrogens is 188 g/mol. The molecule has 1 aliphatic rings. The lowest BCUT2D eigenvalue weighted by Gasteiger charge is -2.06. The number of Topliss-reactive ketones (excluding diaryl/α,β-unsaturated/α-hetero) is 2. The Bertz CT molecular complexity index is 430. The number of carbonyl (C=O) groups is 2. The summed E-state index contributed by atoms with van der Waals surface area (Å²) in [6, 6.07) is 5.62. The Morgan fingerprint density at radius 2 is 1.80 bits per heavy atom. The number of ketones is 2. The second-order valence-electron chi connectivity index (χ2n) is 4.50. The van der Waals surface area contributed by atoms with Gasteiger partial charge in [0, 0.05) is 11.1 Å². The van der Waals surface area contributed by atoms with Crippen molar-refractivity contribution in [2.75, 3.05) is 0 Å². The monoisotopic (exact) mass is 202 g/mol. The Balaban J connectivity index is 2.38. The maximum absolute atomic E-state index is 11.5. The van der Waals surface area contributed by atoms with Crippen LogP contribution in [0.2, 0.25) is 0 Å². The van der Waals surface area contributed by atoms with Gasteiger partial charge in [-0.15, -0.1) is 0 Å². The fourth-order valence-electron chi connectivity index (χ4n) is 2.00. The summed E-state index contributed by atoms with van der Waals surface area (Å²) in [6.45, 7) is 4.28. The van der Waals surface area contributed by atoms with E-state index in [1.807, 2.05) is 12.1 Å². The van der Waals surface area contributed by atoms with Gasteiger partial charge in [-0.3, -0.25) is 9.59 Å². The molecule has 0 bridgehead atoms. The van der Waals surface area contributed by atoms with E-state index in [0.717, 1.165) is 12.0 Å². The Morgan fingerprint density at radius 3 is 2.47 bits per heavy atom. The maximum Gasteiger partial charge on any atom is 0.171 e. The van der Waals surface area contributed by atoms with E-state index in [1.165, 1.54) is 0 Å². The summed E-state index contributed by atoms with van der Waals surface area (Å²) in [4.78, 5) is 22.9. The third-order valence-corrected chi connectivity index (χ3v) is 2.65. The van der Waals surface area contributed by atoms with Crippen LogP contribution in [-0.2, 0) is 6.42 Å². The van der Waals surface area contributed by atoms with Crippen LogP contribution < -0.4 is 0 Å². The summed E-state index contributed by atoms with van der Waals surface area (Å²) < 4.78 is 0. The molecule has 0 heterocycles. The second-order valence-corrected chi connectivity index (χ2v) is 4.50. The van der Waals surface area contributed by atoms with Crippen LogP contribution in [0.25, 0.3) is 0 Å². The molecule has 0 aliphatic heterocycles. The number of hydrogen-bond donors (Lipinski definition) is 0. The quantitative estimate of drug-likeness (QED) is 0.691. The Morgan fingerprint density at radius 1 is 1.13 bits per heavy atom. The van der Waals surface area contributed by atoms with Gasteiger partial charge in [-0.05, 0) is 24.0 Å². The van der Waals surface area contributed by atoms with Crippen LogP contribution in [0.1, 0.15) is 46.5 Å². The molecule has 0 amide bonds. The number of benzene rings is 1. The highest BCUT2D eigenvalue weighted by molar-refractivity contribution is 6.24. The molecule has 1 aromatic rings. The van der Waals surface area contributed by atoms with E-state index in [-0.39, 0.29) is 18.0 Å². The molecule has 1 aromatic carbocycles. The summed E-state index contributed by atoms with van der Waals surface area (Å²) in [7, 11) is 0. The first-order chi connectivity index (χ1) is 7.08. The molecule has 0 fully saturated rings. The van der Waals surface area contributed by atoms with Gasteiger partial charge in [0.15, 0.2) is 11.6 Å². The van der Waals surface area contributed by atoms with Crippen LogP contribution in [0.15, 0.2) is 18.2 Å². The lowest BCUT2D eigenvalue weighted by Crippen LogP contribution is -1.98. The molecule has 0 radical (unpaired) electrons. The molecule has 0 spiro atoms. The predicted molar refractivity (Wildman–Crippen MR) is 58.3 cm³/mol. The van der Waals surface area contributed by atoms with Crippen LogP contribution in [0, 0.1) is 5.92 Å². The zero-order valence-electron chi connectivity index (χ0n) is 9.04. The second kappa shape index (κ2) is 3.61. The van der Waals surface area contributed by atoms with Crippen LogP contribution in [0.4, 0.5) is 0 Å². The smallest absolute Gasteiger partial charge is 0.171 e. The first-order valence-electron chi connectivity index (χ1n) is 5.27. The van der Waals surface area contributed by atoms with Crippen LogP contribution in [0.3, 0.4) is 0 Å². The topological polar surface area (TPSA) is 34.1 Å². The summed E-state index contributed by atoms with van der Waals surface area (Å²) >= 11 is 0. The fourth-order valence-corrected chi connectivity index (χ4v) is 2.00. The van der Waals surface area contributed by atoms with Gasteiger partial charge >= 0.3 is 0 Å². The molecule has 2 nitrogen and oxygen atoms in total. The third-order valence-electron chi connectivity index (χ3n) is 2.65. The highest BCUT2D eigenvalue weighted by Gasteiger charge is 2.26. The van der Waals surface area contributed by atoms with Gasteiger partial charge in [0.25, 0.3) is 0 Å². The summed E-state index contributed by atoms with van der Waals surface area (Å²) in [6.07, 6.45) is 1.01. The van der Waals surface area contributed by atoms with Crippen LogP contribution in [-0.4, -0.2) is 11.6 Å². The Kier molecular flexibility index (Phi) is 2.43. The van der Waals surface area contributed by atoms with Crippen LogP contribution in [0.5, 0.6) is 0 Å². The zero-order chi connectivity index (χ0) is 11.0. The SMILES string of the molecule is CC(C)Cc1ccc2c(c1)C(=O)CC2=O. The average molecular weight is 202 g/mol. The van der Waals surface area contributed by atoms with Crippen molar-refractivity contribution in [3.63, 3.8) is 0 Å². The molecule has 2 rings (SSSR count). The van der Waals surface area contributed by atoms with Crippen molar-refractivity contribution in [2.45, 2.75) is 26.7 Å². The first kappa shape index (κ1) is 10.1. The lowest BCUT2D eigenvalue weighted by atomic mass is 9.99. The normalized spacial score (nSPS) is 14.9. The molecule has 78 valence electrons. The Hall–Kier alpha value is -1.44. The molecule has 1 aliphatic carbocycles. The van der Waals surface area contributed by atoms with Crippen molar-refractivity contribution >= 4 is 11.6 Å². The molecule has 0 saturated heterocycles. The van der Waals surface area contributed by atoms with Gasteiger partial charge in [-0.25, -0.2) is 0 Å². The lowest BCUT2D eigenvalue weighted by molar-refractivity contribution is 0.0923. The highest BCUT2D eigenvalue weighted by Crippen LogP contribution is 2.24. The van der Waals surface area contributed by atoms with Gasteiger partial charge in [-0.2, -0.15) is 0 Å². The number of carbonyl (C=O) groups excluding carboxylic acids is 2. The van der Waals surface area contributed by atoms with Crippen molar-refractivity contribution in [1.82, 2.24) is 0 Å². The largest absolute Gasteiger partial charge is 0.294 e.